The third-order valence-corrected chi connectivity index (χ3v) is 3.84. The second kappa shape index (κ2) is 5.87. The molecule has 1 fully saturated rings. The van der Waals surface area contributed by atoms with E-state index >= 15 is 0 Å². The molecule has 0 unspecified atom stereocenters. The smallest absolute Gasteiger partial charge is 0.322 e. The SMILES string of the molecule is O=C(O)C(C(=O)O)c1ccc(C2CCCCC2)cc1. The van der Waals surface area contributed by atoms with E-state index in [9.17, 15) is 9.59 Å². The lowest BCUT2D eigenvalue weighted by molar-refractivity contribution is -0.150. The Morgan fingerprint density at radius 3 is 1.95 bits per heavy atom. The van der Waals surface area contributed by atoms with Crippen LogP contribution in [0.15, 0.2) is 24.3 Å². The van der Waals surface area contributed by atoms with Crippen LogP contribution in [0.1, 0.15) is 55.1 Å². The van der Waals surface area contributed by atoms with Crippen molar-refractivity contribution in [1.82, 2.24) is 0 Å². The largest absolute Gasteiger partial charge is 0.480 e. The van der Waals surface area contributed by atoms with Crippen molar-refractivity contribution in [2.45, 2.75) is 43.9 Å². The zero-order valence-electron chi connectivity index (χ0n) is 10.7. The quantitative estimate of drug-likeness (QED) is 0.818. The van der Waals surface area contributed by atoms with Crippen LogP contribution < -0.4 is 0 Å². The van der Waals surface area contributed by atoms with Crippen LogP contribution in [0, 0.1) is 0 Å². The monoisotopic (exact) mass is 262 g/mol. The Bertz CT molecular complexity index is 444. The first-order valence-corrected chi connectivity index (χ1v) is 6.65. The number of aliphatic carboxylic acids is 2. The van der Waals surface area contributed by atoms with Gasteiger partial charge in [0.2, 0.25) is 0 Å². The summed E-state index contributed by atoms with van der Waals surface area (Å²) in [5.41, 5.74) is 1.53. The molecule has 2 rings (SSSR count). The minimum atomic E-state index is -1.47. The van der Waals surface area contributed by atoms with E-state index in [1.165, 1.54) is 37.7 Å². The van der Waals surface area contributed by atoms with Crippen molar-refractivity contribution in [3.63, 3.8) is 0 Å². The molecule has 1 aliphatic rings. The molecule has 0 atom stereocenters. The highest BCUT2D eigenvalue weighted by atomic mass is 16.4. The van der Waals surface area contributed by atoms with E-state index < -0.39 is 17.9 Å². The van der Waals surface area contributed by atoms with Gasteiger partial charge in [-0.15, -0.1) is 0 Å². The van der Waals surface area contributed by atoms with Gasteiger partial charge in [0.25, 0.3) is 0 Å². The van der Waals surface area contributed by atoms with Gasteiger partial charge in [0.1, 0.15) is 0 Å². The maximum atomic E-state index is 10.9. The molecule has 0 saturated heterocycles. The molecule has 4 nitrogen and oxygen atoms in total. The van der Waals surface area contributed by atoms with Gasteiger partial charge in [-0.05, 0) is 29.9 Å². The normalized spacial score (nSPS) is 16.5. The lowest BCUT2D eigenvalue weighted by Crippen LogP contribution is -2.21. The van der Waals surface area contributed by atoms with E-state index in [1.54, 1.807) is 12.1 Å². The van der Waals surface area contributed by atoms with Crippen LogP contribution in [-0.4, -0.2) is 22.2 Å². The van der Waals surface area contributed by atoms with Gasteiger partial charge in [-0.1, -0.05) is 43.5 Å². The molecular formula is C15H18O4. The Hall–Kier alpha value is -1.84. The maximum absolute atomic E-state index is 10.9. The van der Waals surface area contributed by atoms with Gasteiger partial charge >= 0.3 is 11.9 Å². The summed E-state index contributed by atoms with van der Waals surface area (Å²) in [5, 5.41) is 17.9. The molecule has 0 spiro atoms. The lowest BCUT2D eigenvalue weighted by atomic mass is 9.83. The number of hydrogen-bond acceptors (Lipinski definition) is 2. The van der Waals surface area contributed by atoms with Gasteiger partial charge in [0, 0.05) is 0 Å². The zero-order valence-corrected chi connectivity index (χ0v) is 10.7. The number of carbonyl (C=O) groups is 2. The summed E-state index contributed by atoms with van der Waals surface area (Å²) in [4.78, 5) is 21.9. The second-order valence-corrected chi connectivity index (χ2v) is 5.11. The van der Waals surface area contributed by atoms with Gasteiger partial charge in [0.15, 0.2) is 5.92 Å². The van der Waals surface area contributed by atoms with E-state index in [4.69, 9.17) is 10.2 Å². The molecule has 4 heteroatoms. The fourth-order valence-electron chi connectivity index (χ4n) is 2.79. The molecule has 102 valence electrons. The topological polar surface area (TPSA) is 74.6 Å². The van der Waals surface area contributed by atoms with Crippen molar-refractivity contribution >= 4 is 11.9 Å². The molecule has 2 N–H and O–H groups in total. The fraction of sp³-hybridized carbons (Fsp3) is 0.467. The molecule has 0 aromatic heterocycles. The maximum Gasteiger partial charge on any atom is 0.322 e. The molecule has 1 aromatic rings. The standard InChI is InChI=1S/C15H18O4/c16-14(17)13(15(18)19)12-8-6-11(7-9-12)10-4-2-1-3-5-10/h6-10,13H,1-5H2,(H,16,17)(H,18,19). The first kappa shape index (κ1) is 13.6. The molecular weight excluding hydrogens is 244 g/mol. The third-order valence-electron chi connectivity index (χ3n) is 3.84. The Morgan fingerprint density at radius 1 is 0.947 bits per heavy atom. The highest BCUT2D eigenvalue weighted by Crippen LogP contribution is 2.33. The highest BCUT2D eigenvalue weighted by Gasteiger charge is 2.27. The Labute approximate surface area is 112 Å². The Kier molecular flexibility index (Phi) is 4.20. The van der Waals surface area contributed by atoms with Crippen LogP contribution >= 0.6 is 0 Å². The molecule has 19 heavy (non-hydrogen) atoms. The molecule has 0 radical (unpaired) electrons. The van der Waals surface area contributed by atoms with Gasteiger partial charge in [-0.3, -0.25) is 9.59 Å². The predicted octanol–water partition coefficient (Wildman–Crippen LogP) is 2.99. The van der Waals surface area contributed by atoms with E-state index in [0.29, 0.717) is 11.5 Å². The lowest BCUT2D eigenvalue weighted by Gasteiger charge is -2.22. The number of hydrogen-bond donors (Lipinski definition) is 2. The van der Waals surface area contributed by atoms with E-state index in [0.717, 1.165) is 0 Å². The van der Waals surface area contributed by atoms with Crippen molar-refractivity contribution in [3.05, 3.63) is 35.4 Å². The molecule has 0 bridgehead atoms. The van der Waals surface area contributed by atoms with E-state index in [-0.39, 0.29) is 0 Å². The zero-order chi connectivity index (χ0) is 13.8. The number of carboxylic acid groups (broad SMARTS) is 2. The summed E-state index contributed by atoms with van der Waals surface area (Å²) in [6.45, 7) is 0. The molecule has 1 aromatic carbocycles. The summed E-state index contributed by atoms with van der Waals surface area (Å²) >= 11 is 0. The van der Waals surface area contributed by atoms with Crippen LogP contribution in [-0.2, 0) is 9.59 Å². The van der Waals surface area contributed by atoms with Gasteiger partial charge in [-0.2, -0.15) is 0 Å². The van der Waals surface area contributed by atoms with Crippen molar-refractivity contribution in [2.24, 2.45) is 0 Å². The van der Waals surface area contributed by atoms with Gasteiger partial charge < -0.3 is 10.2 Å². The van der Waals surface area contributed by atoms with Crippen LogP contribution in [0.5, 0.6) is 0 Å². The summed E-state index contributed by atoms with van der Waals surface area (Å²) in [7, 11) is 0. The van der Waals surface area contributed by atoms with E-state index in [1.807, 2.05) is 12.1 Å². The average molecular weight is 262 g/mol. The molecule has 0 heterocycles. The number of carboxylic acids is 2. The van der Waals surface area contributed by atoms with Crippen molar-refractivity contribution < 1.29 is 19.8 Å². The van der Waals surface area contributed by atoms with Crippen molar-refractivity contribution in [1.29, 1.82) is 0 Å². The Morgan fingerprint density at radius 2 is 1.47 bits per heavy atom. The van der Waals surface area contributed by atoms with Crippen LogP contribution in [0.2, 0.25) is 0 Å². The average Bonchev–Trinajstić information content (AvgIpc) is 2.40. The molecule has 0 aliphatic heterocycles. The number of rotatable bonds is 4. The number of benzene rings is 1. The van der Waals surface area contributed by atoms with Gasteiger partial charge in [0.05, 0.1) is 0 Å². The first-order valence-electron chi connectivity index (χ1n) is 6.65. The summed E-state index contributed by atoms with van der Waals surface area (Å²) < 4.78 is 0. The van der Waals surface area contributed by atoms with Crippen molar-refractivity contribution in [2.75, 3.05) is 0 Å². The van der Waals surface area contributed by atoms with E-state index in [2.05, 4.69) is 0 Å². The molecule has 0 amide bonds. The first-order chi connectivity index (χ1) is 9.09. The minimum Gasteiger partial charge on any atom is -0.480 e. The summed E-state index contributed by atoms with van der Waals surface area (Å²) in [5.74, 6) is -3.58. The third kappa shape index (κ3) is 3.13. The predicted molar refractivity (Wildman–Crippen MR) is 70.3 cm³/mol. The summed E-state index contributed by atoms with van der Waals surface area (Å²) in [6.07, 6.45) is 6.09. The molecule has 1 aliphatic carbocycles. The van der Waals surface area contributed by atoms with Crippen LogP contribution in [0.25, 0.3) is 0 Å². The fourth-order valence-corrected chi connectivity index (χ4v) is 2.79. The van der Waals surface area contributed by atoms with Gasteiger partial charge in [-0.25, -0.2) is 0 Å². The minimum absolute atomic E-state index is 0.333. The molecule has 1 saturated carbocycles. The highest BCUT2D eigenvalue weighted by molar-refractivity contribution is 5.98. The second-order valence-electron chi connectivity index (χ2n) is 5.11. The van der Waals surface area contributed by atoms with Crippen LogP contribution in [0.4, 0.5) is 0 Å². The van der Waals surface area contributed by atoms with Crippen molar-refractivity contribution in [3.8, 4) is 0 Å². The van der Waals surface area contributed by atoms with Crippen LogP contribution in [0.3, 0.4) is 0 Å². The Balaban J connectivity index is 2.17. The summed E-state index contributed by atoms with van der Waals surface area (Å²) in [6, 6.07) is 7.03.